The van der Waals surface area contributed by atoms with Crippen molar-refractivity contribution in [2.75, 3.05) is 0 Å². The summed E-state index contributed by atoms with van der Waals surface area (Å²) in [6.45, 7) is 0. The van der Waals surface area contributed by atoms with Crippen LogP contribution in [0, 0.1) is 0 Å². The number of hydrogen-bond donors (Lipinski definition) is 0. The van der Waals surface area contributed by atoms with Crippen LogP contribution in [-0.2, 0) is 0 Å². The van der Waals surface area contributed by atoms with Crippen LogP contribution in [0.2, 0.25) is 0 Å². The number of fused-ring (bicyclic) bond motifs is 9. The van der Waals surface area contributed by atoms with Gasteiger partial charge < -0.3 is 9.13 Å². The van der Waals surface area contributed by atoms with Gasteiger partial charge in [-0.05, 0) is 116 Å². The standard InChI is InChI=1S/C52H32N2/c1-3-12-36(13-4-1)53-49-21-10-8-17-41(49)47-31-35(24-29-50(47)53)38-27-28-45-39-25-22-33(30-46(39)44-19-11-18-43(38)52(44)45)34-23-26-42-40-16-7-9-20-48(40)54(51(42)32-34)37-14-5-2-6-15-37/h1-32H. The lowest BCUT2D eigenvalue weighted by molar-refractivity contribution is 1.18. The minimum absolute atomic E-state index is 1.17. The van der Waals surface area contributed by atoms with E-state index in [1.165, 1.54) is 110 Å². The van der Waals surface area contributed by atoms with Gasteiger partial charge in [0.1, 0.15) is 0 Å². The van der Waals surface area contributed by atoms with Crippen molar-refractivity contribution in [3.63, 3.8) is 0 Å². The molecule has 0 aliphatic heterocycles. The van der Waals surface area contributed by atoms with E-state index < -0.39 is 0 Å². The first-order valence-corrected chi connectivity index (χ1v) is 18.7. The highest BCUT2D eigenvalue weighted by molar-refractivity contribution is 6.20. The van der Waals surface area contributed by atoms with E-state index in [1.807, 2.05) is 0 Å². The summed E-state index contributed by atoms with van der Waals surface area (Å²) in [5.41, 5.74) is 17.4. The fraction of sp³-hybridized carbons (Fsp3) is 0. The van der Waals surface area contributed by atoms with Crippen LogP contribution in [-0.4, -0.2) is 9.13 Å². The molecule has 0 spiro atoms. The maximum atomic E-state index is 2.41. The SMILES string of the molecule is c1ccc(-n2c3ccccc3c3cc(-c4ccc5c6c(cccc46)-c4cc(-c6ccc7c8ccccc8n(-c8ccccc8)c7c6)ccc4-5)ccc32)cc1. The number of nitrogens with zero attached hydrogens (tertiary/aromatic N) is 2. The zero-order chi connectivity index (χ0) is 35.3. The minimum Gasteiger partial charge on any atom is -0.309 e. The Kier molecular flexibility index (Phi) is 6.09. The first-order valence-electron chi connectivity index (χ1n) is 18.7. The molecule has 1 aliphatic rings. The largest absolute Gasteiger partial charge is 0.309 e. The maximum Gasteiger partial charge on any atom is 0.0547 e. The van der Waals surface area contributed by atoms with Crippen LogP contribution in [0.25, 0.3) is 110 Å². The average Bonchev–Trinajstić information content (AvgIpc) is 3.87. The summed E-state index contributed by atoms with van der Waals surface area (Å²) in [6.07, 6.45) is 0. The van der Waals surface area contributed by atoms with E-state index >= 15 is 0 Å². The van der Waals surface area contributed by atoms with Crippen molar-refractivity contribution in [3.8, 4) is 55.9 Å². The molecule has 0 atom stereocenters. The summed E-state index contributed by atoms with van der Waals surface area (Å²) in [5.74, 6) is 0. The van der Waals surface area contributed by atoms with Crippen LogP contribution < -0.4 is 0 Å². The molecule has 0 fully saturated rings. The number of para-hydroxylation sites is 4. The van der Waals surface area contributed by atoms with Gasteiger partial charge in [0, 0.05) is 32.9 Å². The second kappa shape index (κ2) is 11.2. The van der Waals surface area contributed by atoms with Gasteiger partial charge in [0.2, 0.25) is 0 Å². The fourth-order valence-electron chi connectivity index (χ4n) is 9.29. The first-order chi connectivity index (χ1) is 26.8. The van der Waals surface area contributed by atoms with Crippen molar-refractivity contribution < 1.29 is 0 Å². The van der Waals surface area contributed by atoms with E-state index in [9.17, 15) is 0 Å². The third-order valence-corrected chi connectivity index (χ3v) is 11.7. The van der Waals surface area contributed by atoms with Crippen molar-refractivity contribution in [1.29, 1.82) is 0 Å². The summed E-state index contributed by atoms with van der Waals surface area (Å²) in [6, 6.07) is 71.4. The van der Waals surface area contributed by atoms with Gasteiger partial charge in [-0.25, -0.2) is 0 Å². The van der Waals surface area contributed by atoms with Gasteiger partial charge in [-0.2, -0.15) is 0 Å². The molecule has 2 nitrogen and oxygen atoms in total. The molecule has 9 aromatic carbocycles. The zero-order valence-electron chi connectivity index (χ0n) is 29.4. The summed E-state index contributed by atoms with van der Waals surface area (Å²) in [5, 5.41) is 7.72. The Bertz CT molecular complexity index is 3310. The molecule has 2 aromatic heterocycles. The lowest BCUT2D eigenvalue weighted by Crippen LogP contribution is -1.93. The second-order valence-electron chi connectivity index (χ2n) is 14.5. The predicted octanol–water partition coefficient (Wildman–Crippen LogP) is 14.0. The van der Waals surface area contributed by atoms with Crippen LogP contribution in [0.3, 0.4) is 0 Å². The fourth-order valence-corrected chi connectivity index (χ4v) is 9.29. The average molecular weight is 685 g/mol. The van der Waals surface area contributed by atoms with Crippen LogP contribution in [0.4, 0.5) is 0 Å². The Morgan fingerprint density at radius 3 is 1.52 bits per heavy atom. The molecule has 2 heterocycles. The van der Waals surface area contributed by atoms with Crippen molar-refractivity contribution in [1.82, 2.24) is 9.13 Å². The van der Waals surface area contributed by atoms with E-state index in [1.54, 1.807) is 0 Å². The Labute approximate surface area is 312 Å². The molecule has 0 saturated carbocycles. The smallest absolute Gasteiger partial charge is 0.0547 e. The van der Waals surface area contributed by atoms with Gasteiger partial charge in [0.05, 0.1) is 22.1 Å². The topological polar surface area (TPSA) is 9.86 Å². The van der Waals surface area contributed by atoms with E-state index in [4.69, 9.17) is 0 Å². The number of aromatic nitrogens is 2. The van der Waals surface area contributed by atoms with Crippen LogP contribution in [0.15, 0.2) is 194 Å². The molecule has 1 aliphatic carbocycles. The molecule has 0 N–H and O–H groups in total. The first kappa shape index (κ1) is 29.4. The number of hydrogen-bond acceptors (Lipinski definition) is 0. The molecule has 11 aromatic rings. The van der Waals surface area contributed by atoms with E-state index in [0.717, 1.165) is 0 Å². The molecule has 54 heavy (non-hydrogen) atoms. The number of benzene rings is 9. The Balaban J connectivity index is 1.00. The van der Waals surface area contributed by atoms with Crippen LogP contribution >= 0.6 is 0 Å². The Hall–Kier alpha value is -7.16. The lowest BCUT2D eigenvalue weighted by Gasteiger charge is -2.11. The lowest BCUT2D eigenvalue weighted by atomic mass is 9.93. The van der Waals surface area contributed by atoms with Crippen molar-refractivity contribution in [3.05, 3.63) is 194 Å². The van der Waals surface area contributed by atoms with Gasteiger partial charge in [0.25, 0.3) is 0 Å². The minimum atomic E-state index is 1.17. The highest BCUT2D eigenvalue weighted by Crippen LogP contribution is 2.51. The zero-order valence-corrected chi connectivity index (χ0v) is 29.4. The molecule has 2 heteroatoms. The second-order valence-corrected chi connectivity index (χ2v) is 14.5. The normalized spacial score (nSPS) is 12.1. The molecule has 0 bridgehead atoms. The molecule has 0 unspecified atom stereocenters. The van der Waals surface area contributed by atoms with Gasteiger partial charge in [0.15, 0.2) is 0 Å². The van der Waals surface area contributed by atoms with Crippen LogP contribution in [0.5, 0.6) is 0 Å². The summed E-state index contributed by atoms with van der Waals surface area (Å²) < 4.78 is 4.78. The van der Waals surface area contributed by atoms with E-state index in [-0.39, 0.29) is 0 Å². The van der Waals surface area contributed by atoms with Crippen molar-refractivity contribution in [2.45, 2.75) is 0 Å². The third-order valence-electron chi connectivity index (χ3n) is 11.7. The van der Waals surface area contributed by atoms with Gasteiger partial charge in [-0.3, -0.25) is 0 Å². The molecule has 0 radical (unpaired) electrons. The van der Waals surface area contributed by atoms with E-state index in [2.05, 4.69) is 203 Å². The van der Waals surface area contributed by atoms with E-state index in [0.29, 0.717) is 0 Å². The predicted molar refractivity (Wildman–Crippen MR) is 228 cm³/mol. The monoisotopic (exact) mass is 684 g/mol. The van der Waals surface area contributed by atoms with Gasteiger partial charge in [-0.15, -0.1) is 0 Å². The maximum absolute atomic E-state index is 2.41. The van der Waals surface area contributed by atoms with Gasteiger partial charge in [-0.1, -0.05) is 133 Å². The summed E-state index contributed by atoms with van der Waals surface area (Å²) >= 11 is 0. The van der Waals surface area contributed by atoms with Crippen LogP contribution in [0.1, 0.15) is 0 Å². The molecule has 250 valence electrons. The third kappa shape index (κ3) is 4.11. The highest BCUT2D eigenvalue weighted by atomic mass is 15.0. The van der Waals surface area contributed by atoms with Gasteiger partial charge >= 0.3 is 0 Å². The summed E-state index contributed by atoms with van der Waals surface area (Å²) in [4.78, 5) is 0. The number of rotatable bonds is 4. The molecule has 0 amide bonds. The highest BCUT2D eigenvalue weighted by Gasteiger charge is 2.24. The van der Waals surface area contributed by atoms with Crippen molar-refractivity contribution in [2.24, 2.45) is 0 Å². The molecular weight excluding hydrogens is 653 g/mol. The Morgan fingerprint density at radius 2 is 0.759 bits per heavy atom. The summed E-state index contributed by atoms with van der Waals surface area (Å²) in [7, 11) is 0. The molecule has 0 saturated heterocycles. The Morgan fingerprint density at radius 1 is 0.241 bits per heavy atom. The molecular formula is C52H32N2. The van der Waals surface area contributed by atoms with Crippen molar-refractivity contribution >= 4 is 54.4 Å². The quantitative estimate of drug-likeness (QED) is 0.175. The molecule has 12 rings (SSSR count).